The van der Waals surface area contributed by atoms with E-state index >= 15 is 0 Å². The van der Waals surface area contributed by atoms with Crippen molar-refractivity contribution in [3.63, 3.8) is 0 Å². The van der Waals surface area contributed by atoms with Crippen LogP contribution in [0.2, 0.25) is 0 Å². The van der Waals surface area contributed by atoms with Crippen LogP contribution in [-0.2, 0) is 9.53 Å². The van der Waals surface area contributed by atoms with Gasteiger partial charge in [0.05, 0.1) is 25.2 Å². The van der Waals surface area contributed by atoms with Crippen molar-refractivity contribution < 1.29 is 14.6 Å². The van der Waals surface area contributed by atoms with Crippen molar-refractivity contribution in [3.05, 3.63) is 0 Å². The zero-order chi connectivity index (χ0) is 12.9. The van der Waals surface area contributed by atoms with Crippen LogP contribution in [0.5, 0.6) is 0 Å². The maximum absolute atomic E-state index is 11.9. The molecular formula is C13H25NO3. The minimum Gasteiger partial charge on any atom is -0.396 e. The number of aliphatic hydroxyl groups is 1. The second-order valence-corrected chi connectivity index (χ2v) is 5.16. The Hall–Kier alpha value is -0.610. The molecule has 0 saturated carbocycles. The van der Waals surface area contributed by atoms with Crippen molar-refractivity contribution in [2.75, 3.05) is 19.8 Å². The zero-order valence-electron chi connectivity index (χ0n) is 11.2. The molecule has 0 bridgehead atoms. The van der Waals surface area contributed by atoms with Gasteiger partial charge in [-0.2, -0.15) is 0 Å². The van der Waals surface area contributed by atoms with Crippen LogP contribution in [0.25, 0.3) is 0 Å². The van der Waals surface area contributed by atoms with E-state index < -0.39 is 0 Å². The maximum atomic E-state index is 11.9. The van der Waals surface area contributed by atoms with E-state index in [1.807, 2.05) is 20.8 Å². The molecule has 4 heteroatoms. The Morgan fingerprint density at radius 1 is 1.47 bits per heavy atom. The summed E-state index contributed by atoms with van der Waals surface area (Å²) in [4.78, 5) is 11.9. The summed E-state index contributed by atoms with van der Waals surface area (Å²) >= 11 is 0. The smallest absolute Gasteiger partial charge is 0.225 e. The molecule has 2 N–H and O–H groups in total. The first-order valence-corrected chi connectivity index (χ1v) is 6.57. The van der Waals surface area contributed by atoms with Gasteiger partial charge < -0.3 is 15.2 Å². The standard InChI is InChI=1S/C13H25NO3/c1-4-13(5-2,9-15)8-14-12(16)11-6-10(3)17-7-11/h10-11,15H,4-9H2,1-3H3,(H,14,16). The Morgan fingerprint density at radius 3 is 2.53 bits per heavy atom. The van der Waals surface area contributed by atoms with Crippen LogP contribution < -0.4 is 5.32 Å². The summed E-state index contributed by atoms with van der Waals surface area (Å²) < 4.78 is 5.39. The fraction of sp³-hybridized carbons (Fsp3) is 0.923. The topological polar surface area (TPSA) is 58.6 Å². The average Bonchev–Trinajstić information content (AvgIpc) is 2.78. The lowest BCUT2D eigenvalue weighted by atomic mass is 9.83. The SMILES string of the molecule is CCC(CC)(CO)CNC(=O)C1COC(C)C1. The van der Waals surface area contributed by atoms with Crippen molar-refractivity contribution in [1.82, 2.24) is 5.32 Å². The van der Waals surface area contributed by atoms with E-state index in [9.17, 15) is 9.90 Å². The van der Waals surface area contributed by atoms with E-state index in [2.05, 4.69) is 5.32 Å². The van der Waals surface area contributed by atoms with Crippen LogP contribution >= 0.6 is 0 Å². The second kappa shape index (κ2) is 6.36. The fourth-order valence-electron chi connectivity index (χ4n) is 2.20. The molecular weight excluding hydrogens is 218 g/mol. The van der Waals surface area contributed by atoms with E-state index in [0.717, 1.165) is 19.3 Å². The van der Waals surface area contributed by atoms with Crippen LogP contribution in [0.1, 0.15) is 40.0 Å². The molecule has 1 amide bonds. The van der Waals surface area contributed by atoms with Gasteiger partial charge in [-0.25, -0.2) is 0 Å². The summed E-state index contributed by atoms with van der Waals surface area (Å²) in [5.74, 6) is 0.0455. The molecule has 0 radical (unpaired) electrons. The Labute approximate surface area is 104 Å². The molecule has 17 heavy (non-hydrogen) atoms. The minimum atomic E-state index is -0.166. The van der Waals surface area contributed by atoms with Gasteiger partial charge in [0.15, 0.2) is 0 Å². The lowest BCUT2D eigenvalue weighted by Gasteiger charge is -2.29. The number of nitrogens with one attached hydrogen (secondary N) is 1. The normalized spacial score (nSPS) is 24.9. The van der Waals surface area contributed by atoms with Crippen LogP contribution in [0.4, 0.5) is 0 Å². The maximum Gasteiger partial charge on any atom is 0.225 e. The summed E-state index contributed by atoms with van der Waals surface area (Å²) in [6.45, 7) is 7.29. The highest BCUT2D eigenvalue weighted by molar-refractivity contribution is 5.79. The van der Waals surface area contributed by atoms with Crippen molar-refractivity contribution in [2.24, 2.45) is 11.3 Å². The highest BCUT2D eigenvalue weighted by Crippen LogP contribution is 2.25. The lowest BCUT2D eigenvalue weighted by Crippen LogP contribution is -2.41. The monoisotopic (exact) mass is 243 g/mol. The molecule has 4 nitrogen and oxygen atoms in total. The van der Waals surface area contributed by atoms with Gasteiger partial charge in [-0.1, -0.05) is 13.8 Å². The van der Waals surface area contributed by atoms with Crippen LogP contribution in [0, 0.1) is 11.3 Å². The van der Waals surface area contributed by atoms with E-state index in [0.29, 0.717) is 13.2 Å². The van der Waals surface area contributed by atoms with Crippen LogP contribution in [-0.4, -0.2) is 36.9 Å². The summed E-state index contributed by atoms with van der Waals surface area (Å²) in [6.07, 6.45) is 2.73. The first-order valence-electron chi connectivity index (χ1n) is 6.57. The Bertz CT molecular complexity index is 243. The molecule has 0 aromatic rings. The predicted molar refractivity (Wildman–Crippen MR) is 66.6 cm³/mol. The Morgan fingerprint density at radius 2 is 2.12 bits per heavy atom. The molecule has 1 heterocycles. The molecule has 0 aromatic carbocycles. The number of aliphatic hydroxyl groups excluding tert-OH is 1. The zero-order valence-corrected chi connectivity index (χ0v) is 11.2. The van der Waals surface area contributed by atoms with E-state index in [1.165, 1.54) is 0 Å². The van der Waals surface area contributed by atoms with Crippen molar-refractivity contribution in [3.8, 4) is 0 Å². The fourth-order valence-corrected chi connectivity index (χ4v) is 2.20. The van der Waals surface area contributed by atoms with Crippen molar-refractivity contribution in [2.45, 2.75) is 46.1 Å². The number of rotatable bonds is 6. The van der Waals surface area contributed by atoms with Gasteiger partial charge in [0.1, 0.15) is 0 Å². The summed E-state index contributed by atoms with van der Waals surface area (Å²) in [6, 6.07) is 0. The Balaban J connectivity index is 2.41. The van der Waals surface area contributed by atoms with Gasteiger partial charge in [0.25, 0.3) is 0 Å². The molecule has 0 aliphatic carbocycles. The number of ether oxygens (including phenoxy) is 1. The molecule has 1 aliphatic heterocycles. The van der Waals surface area contributed by atoms with Gasteiger partial charge in [-0.05, 0) is 26.2 Å². The minimum absolute atomic E-state index is 0.0184. The van der Waals surface area contributed by atoms with Crippen molar-refractivity contribution >= 4 is 5.91 Å². The average molecular weight is 243 g/mol. The number of hydrogen-bond acceptors (Lipinski definition) is 3. The first-order chi connectivity index (χ1) is 8.06. The predicted octanol–water partition coefficient (Wildman–Crippen LogP) is 1.33. The quantitative estimate of drug-likeness (QED) is 0.740. The molecule has 0 spiro atoms. The molecule has 0 aromatic heterocycles. The molecule has 1 saturated heterocycles. The number of carbonyl (C=O) groups excluding carboxylic acids is 1. The van der Waals surface area contributed by atoms with Crippen molar-refractivity contribution in [1.29, 1.82) is 0 Å². The van der Waals surface area contributed by atoms with E-state index in [4.69, 9.17) is 4.74 Å². The summed E-state index contributed by atoms with van der Waals surface area (Å²) in [7, 11) is 0. The lowest BCUT2D eigenvalue weighted by molar-refractivity contribution is -0.125. The van der Waals surface area contributed by atoms with Gasteiger partial charge in [0.2, 0.25) is 5.91 Å². The van der Waals surface area contributed by atoms with Gasteiger partial charge in [-0.15, -0.1) is 0 Å². The molecule has 1 fully saturated rings. The van der Waals surface area contributed by atoms with E-state index in [1.54, 1.807) is 0 Å². The summed E-state index contributed by atoms with van der Waals surface area (Å²) in [5.41, 5.74) is -0.166. The number of hydrogen-bond donors (Lipinski definition) is 2. The molecule has 1 aliphatic rings. The largest absolute Gasteiger partial charge is 0.396 e. The summed E-state index contributed by atoms with van der Waals surface area (Å²) in [5, 5.41) is 12.4. The number of amides is 1. The highest BCUT2D eigenvalue weighted by atomic mass is 16.5. The molecule has 2 atom stereocenters. The van der Waals surface area contributed by atoms with Gasteiger partial charge >= 0.3 is 0 Å². The third kappa shape index (κ3) is 3.68. The van der Waals surface area contributed by atoms with Crippen LogP contribution in [0.15, 0.2) is 0 Å². The van der Waals surface area contributed by atoms with Crippen LogP contribution in [0.3, 0.4) is 0 Å². The number of carbonyl (C=O) groups is 1. The second-order valence-electron chi connectivity index (χ2n) is 5.16. The molecule has 100 valence electrons. The Kier molecular flexibility index (Phi) is 5.40. The molecule has 2 unspecified atom stereocenters. The van der Waals surface area contributed by atoms with E-state index in [-0.39, 0.29) is 30.0 Å². The third-order valence-corrected chi connectivity index (χ3v) is 4.04. The van der Waals surface area contributed by atoms with Gasteiger partial charge in [-0.3, -0.25) is 4.79 Å². The first kappa shape index (κ1) is 14.5. The van der Waals surface area contributed by atoms with Gasteiger partial charge in [0, 0.05) is 12.0 Å². The highest BCUT2D eigenvalue weighted by Gasteiger charge is 2.31. The third-order valence-electron chi connectivity index (χ3n) is 4.04. The molecule has 1 rings (SSSR count).